The van der Waals surface area contributed by atoms with Gasteiger partial charge in [-0.2, -0.15) is 0 Å². The summed E-state index contributed by atoms with van der Waals surface area (Å²) in [4.78, 5) is 17.2. The summed E-state index contributed by atoms with van der Waals surface area (Å²) in [5, 5.41) is 11.1. The summed E-state index contributed by atoms with van der Waals surface area (Å²) in [6.45, 7) is 10.1. The lowest BCUT2D eigenvalue weighted by Gasteiger charge is -2.45. The van der Waals surface area contributed by atoms with Gasteiger partial charge in [0, 0.05) is 32.6 Å². The van der Waals surface area contributed by atoms with Crippen molar-refractivity contribution in [2.45, 2.75) is 64.4 Å². The Labute approximate surface area is 160 Å². The molecule has 0 aromatic heterocycles. The standard InChI is InChI=1S/C18H34N2O2.2ClH/c1-3-5-10-19-13-8-18(22,9-14-19)16-15-20(11-6-4-2)12-7-17(16)21;;/h16,22H,3-15H2,1-2H3;2*1H. The van der Waals surface area contributed by atoms with E-state index in [-0.39, 0.29) is 36.5 Å². The fraction of sp³-hybridized carbons (Fsp3) is 0.944. The highest BCUT2D eigenvalue weighted by molar-refractivity contribution is 5.85. The van der Waals surface area contributed by atoms with E-state index in [0.717, 1.165) is 52.1 Å². The van der Waals surface area contributed by atoms with Crippen LogP contribution in [-0.2, 0) is 4.79 Å². The predicted octanol–water partition coefficient (Wildman–Crippen LogP) is 3.15. The van der Waals surface area contributed by atoms with Gasteiger partial charge in [0.15, 0.2) is 0 Å². The number of ketones is 1. The Morgan fingerprint density at radius 1 is 1.00 bits per heavy atom. The summed E-state index contributed by atoms with van der Waals surface area (Å²) in [5.41, 5.74) is -0.759. The Kier molecular flexibility index (Phi) is 11.8. The van der Waals surface area contributed by atoms with Crippen LogP contribution in [0.3, 0.4) is 0 Å². The molecule has 0 radical (unpaired) electrons. The van der Waals surface area contributed by atoms with E-state index in [0.29, 0.717) is 6.42 Å². The third kappa shape index (κ3) is 6.45. The number of piperidine rings is 2. The number of likely N-dealkylation sites (tertiary alicyclic amines) is 2. The zero-order chi connectivity index (χ0) is 16.0. The molecule has 0 saturated carbocycles. The van der Waals surface area contributed by atoms with Gasteiger partial charge in [-0.15, -0.1) is 24.8 Å². The number of rotatable bonds is 7. The predicted molar refractivity (Wildman–Crippen MR) is 104 cm³/mol. The molecule has 144 valence electrons. The molecule has 2 aliphatic rings. The van der Waals surface area contributed by atoms with Crippen molar-refractivity contribution in [1.29, 1.82) is 0 Å². The summed E-state index contributed by atoms with van der Waals surface area (Å²) in [7, 11) is 0. The van der Waals surface area contributed by atoms with Crippen LogP contribution in [0.5, 0.6) is 0 Å². The highest BCUT2D eigenvalue weighted by atomic mass is 35.5. The Balaban J connectivity index is 0.00000264. The van der Waals surface area contributed by atoms with Gasteiger partial charge in [-0.1, -0.05) is 26.7 Å². The van der Waals surface area contributed by atoms with E-state index in [9.17, 15) is 9.90 Å². The molecule has 1 N–H and O–H groups in total. The van der Waals surface area contributed by atoms with E-state index in [2.05, 4.69) is 23.6 Å². The SMILES string of the molecule is CCCCN1CCC(O)(C2CN(CCCC)CCC2=O)CC1.Cl.Cl. The van der Waals surface area contributed by atoms with E-state index < -0.39 is 5.60 Å². The maximum atomic E-state index is 12.4. The number of hydrogen-bond donors (Lipinski definition) is 1. The van der Waals surface area contributed by atoms with Gasteiger partial charge < -0.3 is 14.9 Å². The number of carbonyl (C=O) groups is 1. The summed E-state index contributed by atoms with van der Waals surface area (Å²) in [5.74, 6) is 0.128. The molecular weight excluding hydrogens is 347 g/mol. The summed E-state index contributed by atoms with van der Waals surface area (Å²) in [6, 6.07) is 0. The fourth-order valence-electron chi connectivity index (χ4n) is 3.84. The van der Waals surface area contributed by atoms with Crippen LogP contribution in [0.4, 0.5) is 0 Å². The van der Waals surface area contributed by atoms with Crippen molar-refractivity contribution in [3.63, 3.8) is 0 Å². The number of unbranched alkanes of at least 4 members (excludes halogenated alkanes) is 2. The average molecular weight is 383 g/mol. The van der Waals surface area contributed by atoms with Crippen molar-refractivity contribution >= 4 is 30.6 Å². The van der Waals surface area contributed by atoms with Crippen molar-refractivity contribution in [2.24, 2.45) is 5.92 Å². The van der Waals surface area contributed by atoms with Gasteiger partial charge in [-0.05, 0) is 38.8 Å². The van der Waals surface area contributed by atoms with Crippen LogP contribution in [0.2, 0.25) is 0 Å². The van der Waals surface area contributed by atoms with Gasteiger partial charge in [-0.3, -0.25) is 4.79 Å². The number of nitrogens with zero attached hydrogens (tertiary/aromatic N) is 2. The second-order valence-electron chi connectivity index (χ2n) is 7.22. The molecule has 2 heterocycles. The van der Waals surface area contributed by atoms with Crippen molar-refractivity contribution in [2.75, 3.05) is 39.3 Å². The first-order valence-electron chi connectivity index (χ1n) is 9.29. The molecule has 1 unspecified atom stereocenters. The van der Waals surface area contributed by atoms with Crippen LogP contribution in [-0.4, -0.2) is 65.6 Å². The normalized spacial score (nSPS) is 25.0. The minimum absolute atomic E-state index is 0. The van der Waals surface area contributed by atoms with Crippen LogP contribution < -0.4 is 0 Å². The fourth-order valence-corrected chi connectivity index (χ4v) is 3.84. The van der Waals surface area contributed by atoms with Gasteiger partial charge in [0.05, 0.1) is 11.5 Å². The molecular formula is C18H36Cl2N2O2. The largest absolute Gasteiger partial charge is 0.389 e. The van der Waals surface area contributed by atoms with Gasteiger partial charge in [0.1, 0.15) is 5.78 Å². The quantitative estimate of drug-likeness (QED) is 0.734. The third-order valence-electron chi connectivity index (χ3n) is 5.53. The highest BCUT2D eigenvalue weighted by Crippen LogP contribution is 2.34. The van der Waals surface area contributed by atoms with Crippen molar-refractivity contribution in [3.05, 3.63) is 0 Å². The minimum atomic E-state index is -0.759. The first kappa shape index (κ1) is 24.1. The first-order chi connectivity index (χ1) is 10.6. The minimum Gasteiger partial charge on any atom is -0.389 e. The Morgan fingerprint density at radius 2 is 1.54 bits per heavy atom. The molecule has 2 saturated heterocycles. The molecule has 0 aromatic carbocycles. The molecule has 2 rings (SSSR count). The Hall–Kier alpha value is 0.130. The highest BCUT2D eigenvalue weighted by Gasteiger charge is 2.45. The van der Waals surface area contributed by atoms with E-state index in [4.69, 9.17) is 0 Å². The molecule has 0 spiro atoms. The maximum Gasteiger partial charge on any atom is 0.141 e. The van der Waals surface area contributed by atoms with Crippen LogP contribution in [0.1, 0.15) is 58.8 Å². The van der Waals surface area contributed by atoms with Gasteiger partial charge >= 0.3 is 0 Å². The molecule has 1 atom stereocenters. The number of halogens is 2. The molecule has 0 aromatic rings. The number of carbonyl (C=O) groups excluding carboxylic acids is 1. The van der Waals surface area contributed by atoms with Gasteiger partial charge in [0.25, 0.3) is 0 Å². The second kappa shape index (κ2) is 11.7. The number of Topliss-reactive ketones (excluding diaryl/α,β-unsaturated/α-hetero) is 1. The van der Waals surface area contributed by atoms with Crippen molar-refractivity contribution in [3.8, 4) is 0 Å². The monoisotopic (exact) mass is 382 g/mol. The lowest BCUT2D eigenvalue weighted by Crippen LogP contribution is -2.56. The molecule has 2 fully saturated rings. The topological polar surface area (TPSA) is 43.8 Å². The van der Waals surface area contributed by atoms with Gasteiger partial charge in [-0.25, -0.2) is 0 Å². The van der Waals surface area contributed by atoms with Crippen LogP contribution >= 0.6 is 24.8 Å². The molecule has 24 heavy (non-hydrogen) atoms. The smallest absolute Gasteiger partial charge is 0.141 e. The molecule has 4 nitrogen and oxygen atoms in total. The van der Waals surface area contributed by atoms with E-state index >= 15 is 0 Å². The number of hydrogen-bond acceptors (Lipinski definition) is 4. The lowest BCUT2D eigenvalue weighted by atomic mass is 9.75. The lowest BCUT2D eigenvalue weighted by molar-refractivity contribution is -0.143. The van der Waals surface area contributed by atoms with Crippen LogP contribution in [0.25, 0.3) is 0 Å². The van der Waals surface area contributed by atoms with Crippen molar-refractivity contribution in [1.82, 2.24) is 9.80 Å². The third-order valence-corrected chi connectivity index (χ3v) is 5.53. The van der Waals surface area contributed by atoms with Crippen molar-refractivity contribution < 1.29 is 9.90 Å². The second-order valence-corrected chi connectivity index (χ2v) is 7.22. The van der Waals surface area contributed by atoms with Crippen LogP contribution in [0.15, 0.2) is 0 Å². The van der Waals surface area contributed by atoms with E-state index in [1.54, 1.807) is 0 Å². The van der Waals surface area contributed by atoms with Crippen LogP contribution in [0, 0.1) is 5.92 Å². The summed E-state index contributed by atoms with van der Waals surface area (Å²) >= 11 is 0. The summed E-state index contributed by atoms with van der Waals surface area (Å²) in [6.07, 6.45) is 6.95. The molecule has 0 bridgehead atoms. The number of aliphatic hydroxyl groups is 1. The average Bonchev–Trinajstić information content (AvgIpc) is 2.53. The Morgan fingerprint density at radius 3 is 2.08 bits per heavy atom. The summed E-state index contributed by atoms with van der Waals surface area (Å²) < 4.78 is 0. The van der Waals surface area contributed by atoms with E-state index in [1.807, 2.05) is 0 Å². The molecule has 0 amide bonds. The molecule has 6 heteroatoms. The Bertz CT molecular complexity index is 361. The molecule has 2 aliphatic heterocycles. The zero-order valence-corrected chi connectivity index (χ0v) is 17.0. The van der Waals surface area contributed by atoms with Gasteiger partial charge in [0.2, 0.25) is 0 Å². The molecule has 0 aliphatic carbocycles. The first-order valence-corrected chi connectivity index (χ1v) is 9.29. The zero-order valence-electron chi connectivity index (χ0n) is 15.3. The van der Waals surface area contributed by atoms with E-state index in [1.165, 1.54) is 25.7 Å². The maximum absolute atomic E-state index is 12.4.